The van der Waals surface area contributed by atoms with Crippen molar-refractivity contribution in [1.82, 2.24) is 9.88 Å². The molecule has 20 heavy (non-hydrogen) atoms. The van der Waals surface area contributed by atoms with Crippen molar-refractivity contribution in [3.8, 4) is 5.75 Å². The molecule has 1 aromatic carbocycles. The number of hydrogen-bond donors (Lipinski definition) is 1. The number of likely N-dealkylation sites (N-methyl/N-ethyl adjacent to an activating group) is 1. The Balaban J connectivity index is 1.94. The minimum atomic E-state index is -0.180. The molecular weight excluding hydrogens is 254 g/mol. The van der Waals surface area contributed by atoms with Crippen molar-refractivity contribution in [2.75, 3.05) is 26.0 Å². The fraction of sp³-hybridized carbons (Fsp3) is 0.333. The third kappa shape index (κ3) is 2.15. The topological polar surface area (TPSA) is 54.5 Å². The van der Waals surface area contributed by atoms with Crippen LogP contribution in [0.1, 0.15) is 6.42 Å². The van der Waals surface area contributed by atoms with E-state index in [1.54, 1.807) is 18.2 Å². The lowest BCUT2D eigenvalue weighted by atomic mass is 10.1. The highest BCUT2D eigenvalue weighted by molar-refractivity contribution is 5.95. The van der Waals surface area contributed by atoms with Crippen molar-refractivity contribution < 1.29 is 9.53 Å². The first-order chi connectivity index (χ1) is 9.69. The molecule has 0 saturated carbocycles. The normalized spacial score (nSPS) is 18.6. The quantitative estimate of drug-likeness (QED) is 0.926. The molecule has 2 heterocycles. The van der Waals surface area contributed by atoms with Gasteiger partial charge in [-0.25, -0.2) is 4.98 Å². The van der Waals surface area contributed by atoms with E-state index in [2.05, 4.69) is 10.3 Å². The van der Waals surface area contributed by atoms with Gasteiger partial charge in [0, 0.05) is 25.2 Å². The Morgan fingerprint density at radius 1 is 1.40 bits per heavy atom. The minimum Gasteiger partial charge on any atom is -0.497 e. The first-order valence-corrected chi connectivity index (χ1v) is 6.63. The first-order valence-electron chi connectivity index (χ1n) is 6.63. The molecule has 0 bridgehead atoms. The Labute approximate surface area is 117 Å². The van der Waals surface area contributed by atoms with E-state index >= 15 is 0 Å². The van der Waals surface area contributed by atoms with Crippen molar-refractivity contribution in [3.05, 3.63) is 30.5 Å². The maximum absolute atomic E-state index is 12.0. The largest absolute Gasteiger partial charge is 0.497 e. The van der Waals surface area contributed by atoms with Gasteiger partial charge in [-0.1, -0.05) is 0 Å². The van der Waals surface area contributed by atoms with Gasteiger partial charge in [-0.3, -0.25) is 4.79 Å². The number of carbonyl (C=O) groups excluding carboxylic acids is 1. The number of anilines is 1. The van der Waals surface area contributed by atoms with E-state index in [9.17, 15) is 4.79 Å². The summed E-state index contributed by atoms with van der Waals surface area (Å²) in [5.41, 5.74) is 0. The van der Waals surface area contributed by atoms with Crippen LogP contribution in [0.3, 0.4) is 0 Å². The zero-order chi connectivity index (χ0) is 14.1. The van der Waals surface area contributed by atoms with Crippen molar-refractivity contribution in [2.24, 2.45) is 0 Å². The number of amides is 1. The summed E-state index contributed by atoms with van der Waals surface area (Å²) >= 11 is 0. The number of carbonyl (C=O) groups is 1. The van der Waals surface area contributed by atoms with E-state index in [0.29, 0.717) is 0 Å². The van der Waals surface area contributed by atoms with Gasteiger partial charge in [-0.2, -0.15) is 0 Å². The summed E-state index contributed by atoms with van der Waals surface area (Å²) in [5.74, 6) is 1.68. The Bertz CT molecular complexity index is 657. The second-order valence-electron chi connectivity index (χ2n) is 4.99. The number of hydrogen-bond acceptors (Lipinski definition) is 4. The maximum atomic E-state index is 12.0. The summed E-state index contributed by atoms with van der Waals surface area (Å²) in [5, 5.41) is 5.30. The Kier molecular flexibility index (Phi) is 3.18. The van der Waals surface area contributed by atoms with Crippen LogP contribution in [-0.2, 0) is 4.79 Å². The average molecular weight is 271 g/mol. The second-order valence-corrected chi connectivity index (χ2v) is 4.99. The summed E-state index contributed by atoms with van der Waals surface area (Å²) in [7, 11) is 3.47. The van der Waals surface area contributed by atoms with Crippen LogP contribution in [-0.4, -0.2) is 42.5 Å². The van der Waals surface area contributed by atoms with Crippen molar-refractivity contribution in [2.45, 2.75) is 12.5 Å². The molecule has 1 unspecified atom stereocenters. The molecule has 1 saturated heterocycles. The highest BCUT2D eigenvalue weighted by Crippen LogP contribution is 2.26. The van der Waals surface area contributed by atoms with Gasteiger partial charge in [0.2, 0.25) is 5.91 Å². The second kappa shape index (κ2) is 5.00. The van der Waals surface area contributed by atoms with Gasteiger partial charge < -0.3 is 15.0 Å². The van der Waals surface area contributed by atoms with Gasteiger partial charge in [0.15, 0.2) is 0 Å². The lowest BCUT2D eigenvalue weighted by molar-refractivity contribution is -0.127. The molecule has 1 fully saturated rings. The highest BCUT2D eigenvalue weighted by Gasteiger charge is 2.29. The van der Waals surface area contributed by atoms with Gasteiger partial charge in [0.05, 0.1) is 7.11 Å². The zero-order valence-electron chi connectivity index (χ0n) is 11.6. The molecule has 5 heteroatoms. The van der Waals surface area contributed by atoms with Crippen molar-refractivity contribution in [1.29, 1.82) is 0 Å². The molecule has 2 aromatic rings. The molecule has 104 valence electrons. The van der Waals surface area contributed by atoms with Crippen LogP contribution in [0.25, 0.3) is 10.8 Å². The van der Waals surface area contributed by atoms with Gasteiger partial charge in [-0.15, -0.1) is 0 Å². The molecule has 1 aliphatic rings. The lowest BCUT2D eigenvalue weighted by Crippen LogP contribution is -2.31. The van der Waals surface area contributed by atoms with Gasteiger partial charge >= 0.3 is 0 Å². The van der Waals surface area contributed by atoms with Crippen LogP contribution < -0.4 is 10.1 Å². The fourth-order valence-electron chi connectivity index (χ4n) is 2.52. The lowest BCUT2D eigenvalue weighted by Gasteiger charge is -2.14. The van der Waals surface area contributed by atoms with E-state index in [0.717, 1.165) is 35.3 Å². The summed E-state index contributed by atoms with van der Waals surface area (Å²) < 4.78 is 5.23. The summed E-state index contributed by atoms with van der Waals surface area (Å²) in [6.45, 7) is 0.787. The highest BCUT2D eigenvalue weighted by atomic mass is 16.5. The van der Waals surface area contributed by atoms with E-state index in [1.807, 2.05) is 31.3 Å². The van der Waals surface area contributed by atoms with Gasteiger partial charge in [0.25, 0.3) is 0 Å². The monoisotopic (exact) mass is 271 g/mol. The molecule has 0 radical (unpaired) electrons. The first kappa shape index (κ1) is 12.7. The predicted molar refractivity (Wildman–Crippen MR) is 78.0 cm³/mol. The molecule has 1 amide bonds. The van der Waals surface area contributed by atoms with Gasteiger partial charge in [0.1, 0.15) is 17.6 Å². The summed E-state index contributed by atoms with van der Waals surface area (Å²) in [6.07, 6.45) is 2.55. The van der Waals surface area contributed by atoms with E-state index in [1.165, 1.54) is 0 Å². The van der Waals surface area contributed by atoms with Crippen LogP contribution >= 0.6 is 0 Å². The standard InChI is InChI=1S/C15H17N3O2/c1-18-8-6-13(15(18)19)17-14-12-4-3-11(20-2)9-10(12)5-7-16-14/h3-5,7,9,13H,6,8H2,1-2H3,(H,16,17). The van der Waals surface area contributed by atoms with Crippen LogP contribution in [0.2, 0.25) is 0 Å². The number of benzene rings is 1. The number of aromatic nitrogens is 1. The molecule has 5 nitrogen and oxygen atoms in total. The maximum Gasteiger partial charge on any atom is 0.244 e. The van der Waals surface area contributed by atoms with Gasteiger partial charge in [-0.05, 0) is 36.1 Å². The SMILES string of the molecule is COc1ccc2c(NC3CCN(C)C3=O)nccc2c1. The molecule has 1 aliphatic heterocycles. The Morgan fingerprint density at radius 3 is 2.95 bits per heavy atom. The number of methoxy groups -OCH3 is 1. The Hall–Kier alpha value is -2.30. The fourth-order valence-corrected chi connectivity index (χ4v) is 2.52. The van der Waals surface area contributed by atoms with Crippen LogP contribution in [0, 0.1) is 0 Å². The number of likely N-dealkylation sites (tertiary alicyclic amines) is 1. The minimum absolute atomic E-state index is 0.123. The van der Waals surface area contributed by atoms with Crippen LogP contribution in [0.15, 0.2) is 30.5 Å². The number of nitrogens with one attached hydrogen (secondary N) is 1. The average Bonchev–Trinajstić information content (AvgIpc) is 2.79. The predicted octanol–water partition coefficient (Wildman–Crippen LogP) is 1.89. The molecular formula is C15H17N3O2. The van der Waals surface area contributed by atoms with E-state index < -0.39 is 0 Å². The molecule has 1 N–H and O–H groups in total. The molecule has 0 aliphatic carbocycles. The zero-order valence-corrected chi connectivity index (χ0v) is 11.6. The molecule has 1 atom stereocenters. The van der Waals surface area contributed by atoms with E-state index in [-0.39, 0.29) is 11.9 Å². The van der Waals surface area contributed by atoms with Crippen molar-refractivity contribution >= 4 is 22.5 Å². The number of rotatable bonds is 3. The van der Waals surface area contributed by atoms with Crippen LogP contribution in [0.4, 0.5) is 5.82 Å². The molecule has 1 aromatic heterocycles. The number of fused-ring (bicyclic) bond motifs is 1. The van der Waals surface area contributed by atoms with E-state index in [4.69, 9.17) is 4.74 Å². The number of pyridine rings is 1. The van der Waals surface area contributed by atoms with Crippen molar-refractivity contribution in [3.63, 3.8) is 0 Å². The molecule has 0 spiro atoms. The number of nitrogens with zero attached hydrogens (tertiary/aromatic N) is 2. The Morgan fingerprint density at radius 2 is 2.25 bits per heavy atom. The third-order valence-corrected chi connectivity index (χ3v) is 3.71. The van der Waals surface area contributed by atoms with Crippen LogP contribution in [0.5, 0.6) is 5.75 Å². The number of ether oxygens (including phenoxy) is 1. The third-order valence-electron chi connectivity index (χ3n) is 3.71. The molecule has 3 rings (SSSR count). The summed E-state index contributed by atoms with van der Waals surface area (Å²) in [6, 6.07) is 7.58. The summed E-state index contributed by atoms with van der Waals surface area (Å²) in [4.78, 5) is 18.1. The smallest absolute Gasteiger partial charge is 0.244 e.